The molecule has 0 aliphatic carbocycles. The molecular formula is C15H21N3O3. The second-order valence-corrected chi connectivity index (χ2v) is 5.15. The molecule has 1 aliphatic rings. The average Bonchev–Trinajstić information content (AvgIpc) is 2.49. The number of carbonyl (C=O) groups excluding carboxylic acids is 1. The fourth-order valence-corrected chi connectivity index (χ4v) is 2.47. The van der Waals surface area contributed by atoms with Crippen LogP contribution in [-0.4, -0.2) is 59.6 Å². The molecule has 0 saturated carbocycles. The highest BCUT2D eigenvalue weighted by atomic mass is 16.4. The Labute approximate surface area is 124 Å². The van der Waals surface area contributed by atoms with Crippen LogP contribution in [0.1, 0.15) is 22.8 Å². The van der Waals surface area contributed by atoms with E-state index in [-0.39, 0.29) is 11.6 Å². The number of aryl methyl sites for hydroxylation is 1. The van der Waals surface area contributed by atoms with E-state index in [1.54, 1.807) is 24.0 Å². The number of nitrogens with zero attached hydrogens (tertiary/aromatic N) is 2. The van der Waals surface area contributed by atoms with E-state index in [1.807, 2.05) is 0 Å². The first-order chi connectivity index (χ1) is 10.0. The maximum atomic E-state index is 12.3. The smallest absolute Gasteiger partial charge is 0.337 e. The molecule has 2 N–H and O–H groups in total. The maximum absolute atomic E-state index is 12.3. The molecule has 1 aromatic rings. The van der Waals surface area contributed by atoms with Crippen molar-refractivity contribution in [1.82, 2.24) is 9.80 Å². The Hall–Kier alpha value is -2.08. The molecule has 0 unspecified atom stereocenters. The second-order valence-electron chi connectivity index (χ2n) is 5.15. The van der Waals surface area contributed by atoms with Crippen LogP contribution in [-0.2, 0) is 0 Å². The fourth-order valence-electron chi connectivity index (χ4n) is 2.47. The first-order valence-corrected chi connectivity index (χ1v) is 7.14. The summed E-state index contributed by atoms with van der Waals surface area (Å²) in [5, 5.41) is 12.0. The number of rotatable bonds is 3. The van der Waals surface area contributed by atoms with Crippen molar-refractivity contribution in [2.75, 3.05) is 38.0 Å². The predicted molar refractivity (Wildman–Crippen MR) is 80.8 cm³/mol. The molecule has 1 aliphatic heterocycles. The summed E-state index contributed by atoms with van der Waals surface area (Å²) in [6.45, 7) is 7.89. The van der Waals surface area contributed by atoms with Gasteiger partial charge in [-0.25, -0.2) is 9.59 Å². The van der Waals surface area contributed by atoms with Crippen molar-refractivity contribution in [1.29, 1.82) is 0 Å². The number of amides is 2. The fraction of sp³-hybridized carbons (Fsp3) is 0.467. The molecule has 1 heterocycles. The first kappa shape index (κ1) is 15.3. The Balaban J connectivity index is 2.08. The van der Waals surface area contributed by atoms with Crippen molar-refractivity contribution >= 4 is 17.7 Å². The zero-order chi connectivity index (χ0) is 15.4. The summed E-state index contributed by atoms with van der Waals surface area (Å²) in [6.07, 6.45) is 0. The number of anilines is 1. The Morgan fingerprint density at radius 3 is 2.48 bits per heavy atom. The average molecular weight is 291 g/mol. The van der Waals surface area contributed by atoms with Crippen molar-refractivity contribution in [3.63, 3.8) is 0 Å². The van der Waals surface area contributed by atoms with E-state index in [9.17, 15) is 14.7 Å². The number of nitrogens with one attached hydrogen (secondary N) is 1. The zero-order valence-corrected chi connectivity index (χ0v) is 12.4. The molecule has 1 saturated heterocycles. The van der Waals surface area contributed by atoms with Crippen molar-refractivity contribution < 1.29 is 14.7 Å². The second kappa shape index (κ2) is 6.58. The molecule has 0 atom stereocenters. The highest BCUT2D eigenvalue weighted by Gasteiger charge is 2.22. The lowest BCUT2D eigenvalue weighted by Crippen LogP contribution is -2.49. The molecule has 1 aromatic carbocycles. The molecule has 1 fully saturated rings. The first-order valence-electron chi connectivity index (χ1n) is 7.14. The minimum atomic E-state index is -1.04. The highest BCUT2D eigenvalue weighted by Crippen LogP contribution is 2.21. The maximum Gasteiger partial charge on any atom is 0.337 e. The molecule has 2 rings (SSSR count). The van der Waals surface area contributed by atoms with E-state index in [0.717, 1.165) is 25.2 Å². The number of hydrogen-bond acceptors (Lipinski definition) is 3. The van der Waals surface area contributed by atoms with E-state index < -0.39 is 5.97 Å². The Bertz CT molecular complexity index is 537. The number of piperazine rings is 1. The molecular weight excluding hydrogens is 270 g/mol. The van der Waals surface area contributed by atoms with Gasteiger partial charge in [-0.05, 0) is 25.1 Å². The van der Waals surface area contributed by atoms with Gasteiger partial charge in [-0.3, -0.25) is 0 Å². The van der Waals surface area contributed by atoms with Gasteiger partial charge < -0.3 is 20.2 Å². The van der Waals surface area contributed by atoms with Crippen LogP contribution in [0.2, 0.25) is 0 Å². The topological polar surface area (TPSA) is 72.9 Å². The summed E-state index contributed by atoms with van der Waals surface area (Å²) in [7, 11) is 0. The normalized spacial score (nSPS) is 15.8. The number of likely N-dealkylation sites (N-methyl/N-ethyl adjacent to an activating group) is 1. The summed E-state index contributed by atoms with van der Waals surface area (Å²) in [4.78, 5) is 27.5. The van der Waals surface area contributed by atoms with E-state index in [0.29, 0.717) is 18.8 Å². The van der Waals surface area contributed by atoms with Gasteiger partial charge in [0.2, 0.25) is 0 Å². The van der Waals surface area contributed by atoms with Gasteiger partial charge in [0, 0.05) is 26.2 Å². The molecule has 0 bridgehead atoms. The van der Waals surface area contributed by atoms with Crippen LogP contribution in [0.5, 0.6) is 0 Å². The number of carboxylic acid groups (broad SMARTS) is 1. The number of carboxylic acids is 1. The summed E-state index contributed by atoms with van der Waals surface area (Å²) in [5.74, 6) is -1.04. The number of benzene rings is 1. The van der Waals surface area contributed by atoms with Crippen molar-refractivity contribution in [2.45, 2.75) is 13.8 Å². The Morgan fingerprint density at radius 2 is 1.90 bits per heavy atom. The Kier molecular flexibility index (Phi) is 4.80. The largest absolute Gasteiger partial charge is 0.478 e. The van der Waals surface area contributed by atoms with Crippen molar-refractivity contribution in [2.24, 2.45) is 0 Å². The van der Waals surface area contributed by atoms with E-state index in [4.69, 9.17) is 0 Å². The molecule has 0 radical (unpaired) electrons. The van der Waals surface area contributed by atoms with Gasteiger partial charge in [-0.1, -0.05) is 19.1 Å². The van der Waals surface area contributed by atoms with Crippen molar-refractivity contribution in [3.8, 4) is 0 Å². The molecule has 21 heavy (non-hydrogen) atoms. The third kappa shape index (κ3) is 3.52. The molecule has 6 heteroatoms. The van der Waals surface area contributed by atoms with Crippen LogP contribution in [0.3, 0.4) is 0 Å². The van der Waals surface area contributed by atoms with Crippen LogP contribution in [0.25, 0.3) is 0 Å². The van der Waals surface area contributed by atoms with Crippen LogP contribution < -0.4 is 5.32 Å². The summed E-state index contributed by atoms with van der Waals surface area (Å²) < 4.78 is 0. The number of para-hydroxylation sites is 1. The lowest BCUT2D eigenvalue weighted by atomic mass is 10.1. The number of hydrogen-bond donors (Lipinski definition) is 2. The molecule has 6 nitrogen and oxygen atoms in total. The van der Waals surface area contributed by atoms with Gasteiger partial charge in [0.1, 0.15) is 0 Å². The third-order valence-electron chi connectivity index (χ3n) is 3.84. The minimum absolute atomic E-state index is 0.121. The SMILES string of the molecule is CCN1CCN(C(=O)Nc2c(C)cccc2C(=O)O)CC1. The summed E-state index contributed by atoms with van der Waals surface area (Å²) >= 11 is 0. The molecule has 0 aromatic heterocycles. The molecule has 114 valence electrons. The zero-order valence-electron chi connectivity index (χ0n) is 12.4. The van der Waals surface area contributed by atoms with Crippen LogP contribution >= 0.6 is 0 Å². The molecule has 2 amide bonds. The van der Waals surface area contributed by atoms with Gasteiger partial charge in [0.25, 0.3) is 0 Å². The highest BCUT2D eigenvalue weighted by molar-refractivity contribution is 6.01. The number of urea groups is 1. The number of carbonyl (C=O) groups is 2. The standard InChI is InChI=1S/C15H21N3O3/c1-3-17-7-9-18(10-8-17)15(21)16-13-11(2)5-4-6-12(13)14(19)20/h4-6H,3,7-10H2,1-2H3,(H,16,21)(H,19,20). The minimum Gasteiger partial charge on any atom is -0.478 e. The lowest BCUT2D eigenvalue weighted by molar-refractivity contribution is 0.0698. The summed E-state index contributed by atoms with van der Waals surface area (Å²) in [6, 6.07) is 4.73. The lowest BCUT2D eigenvalue weighted by Gasteiger charge is -2.34. The van der Waals surface area contributed by atoms with E-state index in [2.05, 4.69) is 17.1 Å². The Morgan fingerprint density at radius 1 is 1.24 bits per heavy atom. The van der Waals surface area contributed by atoms with Crippen LogP contribution in [0.4, 0.5) is 10.5 Å². The monoisotopic (exact) mass is 291 g/mol. The van der Waals surface area contributed by atoms with Gasteiger partial charge in [0.05, 0.1) is 11.3 Å². The quantitative estimate of drug-likeness (QED) is 0.891. The van der Waals surface area contributed by atoms with Gasteiger partial charge >= 0.3 is 12.0 Å². The van der Waals surface area contributed by atoms with E-state index >= 15 is 0 Å². The van der Waals surface area contributed by atoms with Crippen LogP contribution in [0, 0.1) is 6.92 Å². The number of aromatic carboxylic acids is 1. The van der Waals surface area contributed by atoms with Gasteiger partial charge in [-0.15, -0.1) is 0 Å². The van der Waals surface area contributed by atoms with Gasteiger partial charge in [0.15, 0.2) is 0 Å². The molecule has 0 spiro atoms. The van der Waals surface area contributed by atoms with Gasteiger partial charge in [-0.2, -0.15) is 0 Å². The summed E-state index contributed by atoms with van der Waals surface area (Å²) in [5.41, 5.74) is 1.25. The van der Waals surface area contributed by atoms with Crippen molar-refractivity contribution in [3.05, 3.63) is 29.3 Å². The van der Waals surface area contributed by atoms with Crippen LogP contribution in [0.15, 0.2) is 18.2 Å². The predicted octanol–water partition coefficient (Wildman–Crippen LogP) is 1.86. The third-order valence-corrected chi connectivity index (χ3v) is 3.84. The van der Waals surface area contributed by atoms with E-state index in [1.165, 1.54) is 6.07 Å².